The Balaban J connectivity index is 1.61. The summed E-state index contributed by atoms with van der Waals surface area (Å²) in [7, 11) is 3.24. The molecule has 0 saturated carbocycles. The molecule has 2 heterocycles. The molecule has 0 aliphatic carbocycles. The number of benzene rings is 2. The topological polar surface area (TPSA) is 95.9 Å². The van der Waals surface area contributed by atoms with E-state index >= 15 is 0 Å². The Kier molecular flexibility index (Phi) is 9.65. The zero-order chi connectivity index (χ0) is 28.7. The fraction of sp³-hybridized carbons (Fsp3) is 0.500. The van der Waals surface area contributed by atoms with Gasteiger partial charge >= 0.3 is 6.03 Å². The summed E-state index contributed by atoms with van der Waals surface area (Å²) in [5.41, 5.74) is 2.06. The van der Waals surface area contributed by atoms with E-state index in [9.17, 15) is 9.59 Å². The van der Waals surface area contributed by atoms with E-state index in [1.165, 1.54) is 5.01 Å². The second kappa shape index (κ2) is 13.1. The summed E-state index contributed by atoms with van der Waals surface area (Å²) >= 11 is 0. The van der Waals surface area contributed by atoms with Crippen LogP contribution >= 0.6 is 0 Å². The highest BCUT2D eigenvalue weighted by Gasteiger charge is 2.36. The van der Waals surface area contributed by atoms with Gasteiger partial charge in [0.2, 0.25) is 0 Å². The second-order valence-corrected chi connectivity index (χ2v) is 11.0. The van der Waals surface area contributed by atoms with Crippen LogP contribution in [0.3, 0.4) is 0 Å². The third-order valence-electron chi connectivity index (χ3n) is 6.95. The van der Waals surface area contributed by atoms with Gasteiger partial charge in [-0.2, -0.15) is 5.10 Å². The molecule has 10 nitrogen and oxygen atoms in total. The molecular weight excluding hydrogens is 510 g/mol. The fourth-order valence-corrected chi connectivity index (χ4v) is 4.88. The number of methoxy groups -OCH3 is 2. The van der Waals surface area contributed by atoms with Crippen molar-refractivity contribution in [2.75, 3.05) is 60.2 Å². The number of nitrogens with zero attached hydrogens (tertiary/aromatic N) is 4. The normalized spacial score (nSPS) is 17.8. The number of amides is 3. The number of hydrazone groups is 1. The first kappa shape index (κ1) is 29.4. The van der Waals surface area contributed by atoms with Crippen molar-refractivity contribution in [2.24, 2.45) is 5.10 Å². The van der Waals surface area contributed by atoms with Gasteiger partial charge in [-0.05, 0) is 39.0 Å². The molecule has 2 aliphatic rings. The Morgan fingerprint density at radius 1 is 1.07 bits per heavy atom. The molecule has 1 N–H and O–H groups in total. The van der Waals surface area contributed by atoms with Crippen LogP contribution in [0.4, 0.5) is 4.79 Å². The van der Waals surface area contributed by atoms with Crippen molar-refractivity contribution in [1.82, 2.24) is 20.1 Å². The lowest BCUT2D eigenvalue weighted by molar-refractivity contribution is -0.133. The summed E-state index contributed by atoms with van der Waals surface area (Å²) in [6.45, 7) is 9.69. The van der Waals surface area contributed by atoms with E-state index in [2.05, 4.69) is 10.2 Å². The second-order valence-electron chi connectivity index (χ2n) is 11.0. The van der Waals surface area contributed by atoms with Gasteiger partial charge in [0.05, 0.1) is 39.2 Å². The van der Waals surface area contributed by atoms with Crippen molar-refractivity contribution < 1.29 is 23.8 Å². The largest absolute Gasteiger partial charge is 0.497 e. The molecule has 3 amide bonds. The zero-order valence-electron chi connectivity index (χ0n) is 24.2. The lowest BCUT2D eigenvalue weighted by Gasteiger charge is -2.33. The first-order chi connectivity index (χ1) is 19.2. The van der Waals surface area contributed by atoms with Gasteiger partial charge in [0.1, 0.15) is 18.0 Å². The van der Waals surface area contributed by atoms with Gasteiger partial charge in [0, 0.05) is 49.3 Å². The predicted octanol–water partition coefficient (Wildman–Crippen LogP) is 3.52. The third kappa shape index (κ3) is 7.51. The van der Waals surface area contributed by atoms with E-state index in [1.807, 2.05) is 69.3 Å². The summed E-state index contributed by atoms with van der Waals surface area (Å²) in [6, 6.07) is 14.7. The van der Waals surface area contributed by atoms with Crippen LogP contribution in [-0.4, -0.2) is 98.2 Å². The average molecular weight is 552 g/mol. The molecule has 2 aromatic rings. The number of carbonyl (C=O) groups excluding carboxylic acids is 2. The molecule has 4 rings (SSSR count). The molecule has 1 fully saturated rings. The number of hydrogen-bond acceptors (Lipinski definition) is 7. The Morgan fingerprint density at radius 3 is 2.52 bits per heavy atom. The number of hydrogen-bond donors (Lipinski definition) is 1. The van der Waals surface area contributed by atoms with Gasteiger partial charge < -0.3 is 24.4 Å². The van der Waals surface area contributed by atoms with Crippen molar-refractivity contribution in [3.8, 4) is 11.5 Å². The third-order valence-corrected chi connectivity index (χ3v) is 6.95. The number of morpholine rings is 1. The van der Waals surface area contributed by atoms with Crippen molar-refractivity contribution in [1.29, 1.82) is 0 Å². The number of carbonyl (C=O) groups is 2. The Morgan fingerprint density at radius 2 is 1.82 bits per heavy atom. The highest BCUT2D eigenvalue weighted by Crippen LogP contribution is 2.37. The first-order valence-corrected chi connectivity index (χ1v) is 13.7. The van der Waals surface area contributed by atoms with Crippen LogP contribution in [0.2, 0.25) is 0 Å². The SMILES string of the molecule is COc1cccc(C2=NN(C(=O)CN(CCN3CCOCC3)C(=O)NC(C)(C)C)C(c3ccccc3OC)C2)c1. The van der Waals surface area contributed by atoms with Gasteiger partial charge in [0.25, 0.3) is 5.91 Å². The number of nitrogens with one attached hydrogen (secondary N) is 1. The molecule has 1 atom stereocenters. The van der Waals surface area contributed by atoms with Crippen molar-refractivity contribution in [3.63, 3.8) is 0 Å². The Labute approximate surface area is 236 Å². The smallest absolute Gasteiger partial charge is 0.318 e. The maximum atomic E-state index is 14.0. The lowest BCUT2D eigenvalue weighted by Crippen LogP contribution is -2.53. The van der Waals surface area contributed by atoms with Crippen LogP contribution in [0.5, 0.6) is 11.5 Å². The number of ether oxygens (including phenoxy) is 3. The minimum Gasteiger partial charge on any atom is -0.497 e. The van der Waals surface area contributed by atoms with Gasteiger partial charge in [-0.1, -0.05) is 30.3 Å². The zero-order valence-corrected chi connectivity index (χ0v) is 24.2. The maximum absolute atomic E-state index is 14.0. The lowest BCUT2D eigenvalue weighted by atomic mass is 9.97. The standard InChI is InChI=1S/C30H41N5O5/c1-30(2,3)31-29(37)34(14-13-33-15-17-40-18-16-33)21-28(36)35-26(24-11-6-7-12-27(24)39-5)20-25(32-35)22-9-8-10-23(19-22)38-4/h6-12,19,26H,13-18,20-21H2,1-5H3,(H,31,37). The average Bonchev–Trinajstić information content (AvgIpc) is 3.40. The van der Waals surface area contributed by atoms with Crippen LogP contribution in [0.15, 0.2) is 53.6 Å². The molecule has 0 bridgehead atoms. The van der Waals surface area contributed by atoms with Gasteiger partial charge in [-0.3, -0.25) is 9.69 Å². The van der Waals surface area contributed by atoms with Crippen LogP contribution in [0.1, 0.15) is 44.4 Å². The van der Waals surface area contributed by atoms with E-state index in [0.29, 0.717) is 44.2 Å². The molecule has 216 valence electrons. The van der Waals surface area contributed by atoms with Crippen molar-refractivity contribution in [2.45, 2.75) is 38.8 Å². The van der Waals surface area contributed by atoms with E-state index in [4.69, 9.17) is 19.3 Å². The van der Waals surface area contributed by atoms with E-state index < -0.39 is 5.54 Å². The summed E-state index contributed by atoms with van der Waals surface area (Å²) in [4.78, 5) is 31.1. The summed E-state index contributed by atoms with van der Waals surface area (Å²) in [5.74, 6) is 1.13. The number of para-hydroxylation sites is 1. The Hall–Kier alpha value is -3.63. The van der Waals surface area contributed by atoms with Crippen molar-refractivity contribution >= 4 is 17.6 Å². The minimum atomic E-state index is -0.442. The van der Waals surface area contributed by atoms with Gasteiger partial charge in [-0.15, -0.1) is 0 Å². The maximum Gasteiger partial charge on any atom is 0.318 e. The molecule has 2 aromatic carbocycles. The van der Waals surface area contributed by atoms with Crippen LogP contribution in [-0.2, 0) is 9.53 Å². The molecule has 1 saturated heterocycles. The summed E-state index contributed by atoms with van der Waals surface area (Å²) < 4.78 is 16.5. The van der Waals surface area contributed by atoms with E-state index in [0.717, 1.165) is 29.9 Å². The summed E-state index contributed by atoms with van der Waals surface area (Å²) in [6.07, 6.45) is 0.501. The van der Waals surface area contributed by atoms with E-state index in [-0.39, 0.29) is 24.5 Å². The van der Waals surface area contributed by atoms with Crippen molar-refractivity contribution in [3.05, 3.63) is 59.7 Å². The van der Waals surface area contributed by atoms with Crippen LogP contribution in [0.25, 0.3) is 0 Å². The number of rotatable bonds is 9. The molecule has 10 heteroatoms. The molecule has 0 radical (unpaired) electrons. The predicted molar refractivity (Wildman–Crippen MR) is 154 cm³/mol. The monoisotopic (exact) mass is 551 g/mol. The highest BCUT2D eigenvalue weighted by atomic mass is 16.5. The molecule has 40 heavy (non-hydrogen) atoms. The number of urea groups is 1. The van der Waals surface area contributed by atoms with E-state index in [1.54, 1.807) is 19.1 Å². The van der Waals surface area contributed by atoms with Crippen LogP contribution in [0, 0.1) is 0 Å². The first-order valence-electron chi connectivity index (χ1n) is 13.7. The fourth-order valence-electron chi connectivity index (χ4n) is 4.88. The Bertz CT molecular complexity index is 1200. The minimum absolute atomic E-state index is 0.104. The summed E-state index contributed by atoms with van der Waals surface area (Å²) in [5, 5.41) is 9.34. The van der Waals surface area contributed by atoms with Gasteiger partial charge in [0.15, 0.2) is 0 Å². The van der Waals surface area contributed by atoms with Crippen LogP contribution < -0.4 is 14.8 Å². The molecule has 1 unspecified atom stereocenters. The molecular formula is C30H41N5O5. The molecule has 0 spiro atoms. The molecule has 2 aliphatic heterocycles. The highest BCUT2D eigenvalue weighted by molar-refractivity contribution is 6.03. The van der Waals surface area contributed by atoms with Gasteiger partial charge in [-0.25, -0.2) is 9.80 Å². The quantitative estimate of drug-likeness (QED) is 0.513. The molecule has 0 aromatic heterocycles.